The van der Waals surface area contributed by atoms with Crippen LogP contribution in [0.3, 0.4) is 0 Å². The van der Waals surface area contributed by atoms with Crippen molar-refractivity contribution in [2.75, 3.05) is 6.61 Å². The molecule has 1 aromatic carbocycles. The van der Waals surface area contributed by atoms with Crippen LogP contribution in [0.2, 0.25) is 0 Å². The van der Waals surface area contributed by atoms with E-state index in [2.05, 4.69) is 13.8 Å². The third-order valence-electron chi connectivity index (χ3n) is 7.58. The van der Waals surface area contributed by atoms with E-state index >= 15 is 0 Å². The van der Waals surface area contributed by atoms with E-state index in [4.69, 9.17) is 4.74 Å². The molecule has 2 fully saturated rings. The predicted octanol–water partition coefficient (Wildman–Crippen LogP) is 9.06. The molecule has 1 aromatic rings. The second-order valence-electron chi connectivity index (χ2n) is 9.87. The number of hydrogen-bond donors (Lipinski definition) is 0. The summed E-state index contributed by atoms with van der Waals surface area (Å²) in [5.41, 5.74) is -1.32. The van der Waals surface area contributed by atoms with Crippen molar-refractivity contribution in [2.45, 2.75) is 90.7 Å². The molecule has 2 aliphatic carbocycles. The molecule has 32 heavy (non-hydrogen) atoms. The van der Waals surface area contributed by atoms with Crippen LogP contribution >= 0.6 is 0 Å². The molecule has 0 unspecified atom stereocenters. The molecule has 0 bridgehead atoms. The van der Waals surface area contributed by atoms with Crippen LogP contribution in [0.25, 0.3) is 6.08 Å². The number of benzene rings is 1. The summed E-state index contributed by atoms with van der Waals surface area (Å²) in [6.45, 7) is 4.65. The predicted molar refractivity (Wildman–Crippen MR) is 122 cm³/mol. The normalized spacial score (nSPS) is 27.1. The summed E-state index contributed by atoms with van der Waals surface area (Å²) >= 11 is 0. The Balaban J connectivity index is 1.66. The average molecular weight is 455 g/mol. The van der Waals surface area contributed by atoms with Crippen molar-refractivity contribution in [2.24, 2.45) is 23.7 Å². The lowest BCUT2D eigenvalue weighted by molar-refractivity contribution is -0.140. The molecule has 1 nitrogen and oxygen atoms in total. The van der Waals surface area contributed by atoms with E-state index < -0.39 is 17.6 Å². The summed E-state index contributed by atoms with van der Waals surface area (Å²) in [6, 6.07) is 2.72. The fourth-order valence-corrected chi connectivity index (χ4v) is 5.44. The Morgan fingerprint density at radius 1 is 0.906 bits per heavy atom. The highest BCUT2D eigenvalue weighted by Crippen LogP contribution is 2.40. The van der Waals surface area contributed by atoms with Gasteiger partial charge in [-0.25, -0.2) is 4.39 Å². The lowest BCUT2D eigenvalue weighted by Gasteiger charge is -2.28. The van der Waals surface area contributed by atoms with E-state index in [9.17, 15) is 17.6 Å². The van der Waals surface area contributed by atoms with Crippen LogP contribution in [0, 0.1) is 29.5 Å². The third-order valence-corrected chi connectivity index (χ3v) is 7.58. The topological polar surface area (TPSA) is 9.23 Å². The standard InChI is InChI=1S/C27H38F4O/c1-3-5-20-10-12-22(13-11-20)18-32-24-17-16-23(25(26(24)28)27(29,30)31)15-14-21-8-6-19(4-2)7-9-21/h14-17,19-22H,3-13,18H2,1-2H3/b15-14+. The van der Waals surface area contributed by atoms with Gasteiger partial charge in [-0.1, -0.05) is 64.2 Å². The smallest absolute Gasteiger partial charge is 0.419 e. The fourth-order valence-electron chi connectivity index (χ4n) is 5.44. The first-order chi connectivity index (χ1) is 15.3. The van der Waals surface area contributed by atoms with Crippen molar-refractivity contribution >= 4 is 6.08 Å². The zero-order valence-electron chi connectivity index (χ0n) is 19.5. The van der Waals surface area contributed by atoms with Gasteiger partial charge >= 0.3 is 6.18 Å². The van der Waals surface area contributed by atoms with Crippen molar-refractivity contribution in [3.8, 4) is 5.75 Å². The van der Waals surface area contributed by atoms with Gasteiger partial charge in [-0.2, -0.15) is 13.2 Å². The van der Waals surface area contributed by atoms with E-state index in [1.165, 1.54) is 31.1 Å². The van der Waals surface area contributed by atoms with Crippen molar-refractivity contribution in [1.82, 2.24) is 0 Å². The number of rotatable bonds is 8. The number of allylic oxidation sites excluding steroid dienone is 1. The van der Waals surface area contributed by atoms with Crippen LogP contribution in [0.5, 0.6) is 5.75 Å². The van der Waals surface area contributed by atoms with Crippen LogP contribution in [0.1, 0.15) is 95.6 Å². The van der Waals surface area contributed by atoms with Crippen molar-refractivity contribution < 1.29 is 22.3 Å². The van der Waals surface area contributed by atoms with Gasteiger partial charge in [0.2, 0.25) is 0 Å². The maximum Gasteiger partial charge on any atom is 0.419 e. The number of halogens is 4. The maximum atomic E-state index is 14.9. The van der Waals surface area contributed by atoms with Crippen molar-refractivity contribution in [3.05, 3.63) is 35.2 Å². The molecule has 0 radical (unpaired) electrons. The number of ether oxygens (including phenoxy) is 1. The Hall–Kier alpha value is -1.52. The first-order valence-corrected chi connectivity index (χ1v) is 12.5. The Kier molecular flexibility index (Phi) is 9.07. The SMILES string of the molecule is CCCC1CCC(COc2ccc(/C=C/C3CCC(CC)CC3)c(C(F)(F)F)c2F)CC1. The molecule has 0 heterocycles. The second kappa shape index (κ2) is 11.6. The molecule has 0 aliphatic heterocycles. The molecule has 5 heteroatoms. The van der Waals surface area contributed by atoms with Gasteiger partial charge in [0, 0.05) is 0 Å². The minimum absolute atomic E-state index is 0.111. The fraction of sp³-hybridized carbons (Fsp3) is 0.704. The van der Waals surface area contributed by atoms with Crippen LogP contribution < -0.4 is 4.74 Å². The lowest BCUT2D eigenvalue weighted by atomic mass is 9.80. The van der Waals surface area contributed by atoms with Crippen LogP contribution in [-0.2, 0) is 6.18 Å². The summed E-state index contributed by atoms with van der Waals surface area (Å²) in [5.74, 6) is 0.451. The van der Waals surface area contributed by atoms with E-state index in [1.807, 2.05) is 6.08 Å². The van der Waals surface area contributed by atoms with Crippen LogP contribution in [-0.4, -0.2) is 6.61 Å². The van der Waals surface area contributed by atoms with Crippen LogP contribution in [0.4, 0.5) is 17.6 Å². The third kappa shape index (κ3) is 6.74. The highest BCUT2D eigenvalue weighted by atomic mass is 19.4. The Morgan fingerprint density at radius 2 is 1.53 bits per heavy atom. The van der Waals surface area contributed by atoms with E-state index in [1.54, 1.807) is 0 Å². The minimum Gasteiger partial charge on any atom is -0.490 e. The highest BCUT2D eigenvalue weighted by Gasteiger charge is 2.38. The number of hydrogen-bond acceptors (Lipinski definition) is 1. The lowest BCUT2D eigenvalue weighted by Crippen LogP contribution is -2.21. The summed E-state index contributed by atoms with van der Waals surface area (Å²) in [5, 5.41) is 0. The molecule has 2 saturated carbocycles. The van der Waals surface area contributed by atoms with E-state index in [0.29, 0.717) is 0 Å². The van der Waals surface area contributed by atoms with E-state index in [0.717, 1.165) is 69.6 Å². The van der Waals surface area contributed by atoms with Crippen molar-refractivity contribution in [3.63, 3.8) is 0 Å². The summed E-state index contributed by atoms with van der Waals surface area (Å²) in [4.78, 5) is 0. The minimum atomic E-state index is -4.76. The molecule has 180 valence electrons. The molecular formula is C27H38F4O. The molecule has 0 atom stereocenters. The molecule has 2 aliphatic rings. The first kappa shape index (κ1) is 25.1. The monoisotopic (exact) mass is 454 g/mol. The highest BCUT2D eigenvalue weighted by molar-refractivity contribution is 5.57. The zero-order valence-corrected chi connectivity index (χ0v) is 19.5. The largest absolute Gasteiger partial charge is 0.490 e. The Bertz CT molecular complexity index is 739. The second-order valence-corrected chi connectivity index (χ2v) is 9.87. The van der Waals surface area contributed by atoms with Gasteiger partial charge in [-0.05, 0) is 73.8 Å². The summed E-state index contributed by atoms with van der Waals surface area (Å²) < 4.78 is 61.7. The van der Waals surface area contributed by atoms with Gasteiger partial charge in [0.1, 0.15) is 5.56 Å². The molecule has 0 amide bonds. The quantitative estimate of drug-likeness (QED) is 0.356. The maximum absolute atomic E-state index is 14.9. The summed E-state index contributed by atoms with van der Waals surface area (Å²) in [6.07, 6.45) is 10.5. The Morgan fingerprint density at radius 3 is 2.12 bits per heavy atom. The zero-order chi connectivity index (χ0) is 23.1. The number of alkyl halides is 3. The molecule has 0 aromatic heterocycles. The van der Waals surface area contributed by atoms with Gasteiger partial charge in [-0.15, -0.1) is 0 Å². The van der Waals surface area contributed by atoms with E-state index in [-0.39, 0.29) is 29.8 Å². The first-order valence-electron chi connectivity index (χ1n) is 12.5. The molecular weight excluding hydrogens is 416 g/mol. The van der Waals surface area contributed by atoms with Gasteiger partial charge in [0.05, 0.1) is 6.61 Å². The molecule has 3 rings (SSSR count). The van der Waals surface area contributed by atoms with Gasteiger partial charge in [-0.3, -0.25) is 0 Å². The van der Waals surface area contributed by atoms with Crippen LogP contribution in [0.15, 0.2) is 18.2 Å². The van der Waals surface area contributed by atoms with Gasteiger partial charge in [0.25, 0.3) is 0 Å². The van der Waals surface area contributed by atoms with Crippen molar-refractivity contribution in [1.29, 1.82) is 0 Å². The molecule has 0 saturated heterocycles. The average Bonchev–Trinajstić information content (AvgIpc) is 2.77. The van der Waals surface area contributed by atoms with Gasteiger partial charge in [0.15, 0.2) is 11.6 Å². The summed E-state index contributed by atoms with van der Waals surface area (Å²) in [7, 11) is 0. The molecule has 0 N–H and O–H groups in total. The molecule has 0 spiro atoms. The Labute approximate surface area is 190 Å². The van der Waals surface area contributed by atoms with Gasteiger partial charge < -0.3 is 4.74 Å².